The zero-order valence-corrected chi connectivity index (χ0v) is 10.9. The van der Waals surface area contributed by atoms with Gasteiger partial charge >= 0.3 is 5.97 Å². The van der Waals surface area contributed by atoms with Crippen molar-refractivity contribution in [2.45, 2.75) is 6.61 Å². The summed E-state index contributed by atoms with van der Waals surface area (Å²) in [7, 11) is 0. The molecule has 1 radical (unpaired) electrons. The first-order valence-electron chi connectivity index (χ1n) is 6.45. The summed E-state index contributed by atoms with van der Waals surface area (Å²) in [5, 5.41) is 1.79. The summed E-state index contributed by atoms with van der Waals surface area (Å²) in [4.78, 5) is 12.2. The number of hydrogen-bond acceptors (Lipinski definition) is 2. The van der Waals surface area contributed by atoms with Crippen molar-refractivity contribution in [1.29, 1.82) is 0 Å². The van der Waals surface area contributed by atoms with Crippen LogP contribution in [0, 0.1) is 6.07 Å². The molecule has 3 rings (SSSR count). The van der Waals surface area contributed by atoms with Gasteiger partial charge in [-0.2, -0.15) is 0 Å². The van der Waals surface area contributed by atoms with Crippen LogP contribution in [0.5, 0.6) is 0 Å². The minimum Gasteiger partial charge on any atom is -0.457 e. The summed E-state index contributed by atoms with van der Waals surface area (Å²) < 4.78 is 5.37. The lowest BCUT2D eigenvalue weighted by atomic mass is 10.0. The Bertz CT molecular complexity index is 727. The standard InChI is InChI=1S/C18H13O2/c19-18(20-13-14-7-2-1-3-8-14)17-12-6-10-15-9-4-5-11-16(15)17/h1-9,11-12H,13H2. The Hall–Kier alpha value is -2.61. The number of esters is 1. The molecule has 0 spiro atoms. The summed E-state index contributed by atoms with van der Waals surface area (Å²) in [5.41, 5.74) is 1.56. The lowest BCUT2D eigenvalue weighted by molar-refractivity contribution is 0.0475. The van der Waals surface area contributed by atoms with Crippen molar-refractivity contribution >= 4 is 16.7 Å². The Kier molecular flexibility index (Phi) is 3.46. The molecule has 0 atom stereocenters. The maximum atomic E-state index is 12.2. The third-order valence-electron chi connectivity index (χ3n) is 3.14. The minimum atomic E-state index is -0.306. The average Bonchev–Trinajstić information content (AvgIpc) is 2.53. The van der Waals surface area contributed by atoms with Gasteiger partial charge in [0.05, 0.1) is 5.56 Å². The molecule has 3 aromatic carbocycles. The maximum absolute atomic E-state index is 12.2. The van der Waals surface area contributed by atoms with E-state index in [0.29, 0.717) is 5.56 Å². The molecule has 0 amide bonds. The van der Waals surface area contributed by atoms with E-state index < -0.39 is 0 Å². The van der Waals surface area contributed by atoms with Gasteiger partial charge in [-0.25, -0.2) is 4.79 Å². The molecule has 0 saturated heterocycles. The summed E-state index contributed by atoms with van der Waals surface area (Å²) in [6.07, 6.45) is 0. The Balaban J connectivity index is 1.82. The molecule has 0 aliphatic heterocycles. The third-order valence-corrected chi connectivity index (χ3v) is 3.14. The van der Waals surface area contributed by atoms with E-state index in [1.165, 1.54) is 0 Å². The van der Waals surface area contributed by atoms with Gasteiger partial charge in [0.15, 0.2) is 0 Å². The number of benzene rings is 3. The van der Waals surface area contributed by atoms with Crippen LogP contribution < -0.4 is 0 Å². The van der Waals surface area contributed by atoms with Crippen molar-refractivity contribution in [3.63, 3.8) is 0 Å². The number of ether oxygens (including phenoxy) is 1. The van der Waals surface area contributed by atoms with Gasteiger partial charge in [0.25, 0.3) is 0 Å². The smallest absolute Gasteiger partial charge is 0.339 e. The molecule has 0 saturated carbocycles. The highest BCUT2D eigenvalue weighted by atomic mass is 16.5. The topological polar surface area (TPSA) is 26.3 Å². The van der Waals surface area contributed by atoms with Gasteiger partial charge in [0.1, 0.15) is 6.61 Å². The van der Waals surface area contributed by atoms with Crippen molar-refractivity contribution in [1.82, 2.24) is 0 Å². The summed E-state index contributed by atoms with van der Waals surface area (Å²) in [5.74, 6) is -0.306. The minimum absolute atomic E-state index is 0.284. The highest BCUT2D eigenvalue weighted by Crippen LogP contribution is 2.19. The number of rotatable bonds is 3. The SMILES string of the molecule is O=C(OCc1ccccc1)c1cc[c]c2ccccc12. The Labute approximate surface area is 117 Å². The van der Waals surface area contributed by atoms with Crippen LogP contribution in [0.1, 0.15) is 15.9 Å². The highest BCUT2D eigenvalue weighted by Gasteiger charge is 2.11. The fourth-order valence-electron chi connectivity index (χ4n) is 2.13. The van der Waals surface area contributed by atoms with Crippen molar-refractivity contribution in [3.05, 3.63) is 83.9 Å². The van der Waals surface area contributed by atoms with E-state index in [2.05, 4.69) is 6.07 Å². The second-order valence-corrected chi connectivity index (χ2v) is 4.50. The van der Waals surface area contributed by atoms with Gasteiger partial charge in [-0.3, -0.25) is 0 Å². The molecule has 20 heavy (non-hydrogen) atoms. The number of hydrogen-bond donors (Lipinski definition) is 0. The van der Waals surface area contributed by atoms with Crippen LogP contribution in [0.3, 0.4) is 0 Å². The molecule has 2 nitrogen and oxygen atoms in total. The first-order chi connectivity index (χ1) is 9.84. The van der Waals surface area contributed by atoms with Crippen molar-refractivity contribution in [2.24, 2.45) is 0 Å². The molecule has 97 valence electrons. The first-order valence-corrected chi connectivity index (χ1v) is 6.45. The van der Waals surface area contributed by atoms with Gasteiger partial charge in [-0.05, 0) is 28.5 Å². The van der Waals surface area contributed by atoms with Gasteiger partial charge in [-0.1, -0.05) is 60.7 Å². The van der Waals surface area contributed by atoms with Crippen LogP contribution in [0.4, 0.5) is 0 Å². The van der Waals surface area contributed by atoms with Gasteiger partial charge < -0.3 is 4.74 Å². The van der Waals surface area contributed by atoms with Crippen LogP contribution in [0.15, 0.2) is 66.7 Å². The predicted molar refractivity (Wildman–Crippen MR) is 78.3 cm³/mol. The van der Waals surface area contributed by atoms with E-state index in [0.717, 1.165) is 16.3 Å². The van der Waals surface area contributed by atoms with Crippen LogP contribution in [0.2, 0.25) is 0 Å². The second kappa shape index (κ2) is 5.57. The quantitative estimate of drug-likeness (QED) is 0.666. The number of carbonyl (C=O) groups excluding carboxylic acids is 1. The van der Waals surface area contributed by atoms with Gasteiger partial charge in [-0.15, -0.1) is 0 Å². The zero-order valence-electron chi connectivity index (χ0n) is 10.9. The van der Waals surface area contributed by atoms with Crippen molar-refractivity contribution in [2.75, 3.05) is 0 Å². The fraction of sp³-hybridized carbons (Fsp3) is 0.0556. The van der Waals surface area contributed by atoms with E-state index in [4.69, 9.17) is 4.74 Å². The Morgan fingerprint density at radius 3 is 2.55 bits per heavy atom. The van der Waals surface area contributed by atoms with Crippen LogP contribution in [-0.2, 0) is 11.3 Å². The van der Waals surface area contributed by atoms with Gasteiger partial charge in [0.2, 0.25) is 0 Å². The van der Waals surface area contributed by atoms with Crippen LogP contribution in [-0.4, -0.2) is 5.97 Å². The fourth-order valence-corrected chi connectivity index (χ4v) is 2.13. The van der Waals surface area contributed by atoms with E-state index in [9.17, 15) is 4.79 Å². The van der Waals surface area contributed by atoms with Crippen LogP contribution >= 0.6 is 0 Å². The molecule has 0 fully saturated rings. The number of fused-ring (bicyclic) bond motifs is 1. The normalized spacial score (nSPS) is 10.4. The van der Waals surface area contributed by atoms with E-state index in [-0.39, 0.29) is 12.6 Å². The molecule has 0 aromatic heterocycles. The average molecular weight is 261 g/mol. The Morgan fingerprint density at radius 2 is 1.70 bits per heavy atom. The number of carbonyl (C=O) groups is 1. The van der Waals surface area contributed by atoms with Crippen molar-refractivity contribution in [3.8, 4) is 0 Å². The molecular formula is C18H13O2. The summed E-state index contributed by atoms with van der Waals surface area (Å²) >= 11 is 0. The third kappa shape index (κ3) is 2.54. The monoisotopic (exact) mass is 261 g/mol. The lowest BCUT2D eigenvalue weighted by Crippen LogP contribution is -2.05. The Morgan fingerprint density at radius 1 is 0.950 bits per heavy atom. The largest absolute Gasteiger partial charge is 0.457 e. The molecule has 0 heterocycles. The van der Waals surface area contributed by atoms with Gasteiger partial charge in [0, 0.05) is 0 Å². The first kappa shape index (κ1) is 12.4. The zero-order chi connectivity index (χ0) is 13.8. The van der Waals surface area contributed by atoms with E-state index in [1.807, 2.05) is 54.6 Å². The summed E-state index contributed by atoms with van der Waals surface area (Å²) in [6.45, 7) is 0.284. The summed E-state index contributed by atoms with van der Waals surface area (Å²) in [6, 6.07) is 23.9. The molecule has 3 aromatic rings. The van der Waals surface area contributed by atoms with E-state index >= 15 is 0 Å². The van der Waals surface area contributed by atoms with Crippen LogP contribution in [0.25, 0.3) is 10.8 Å². The molecule has 0 aliphatic rings. The molecular weight excluding hydrogens is 248 g/mol. The van der Waals surface area contributed by atoms with Crippen molar-refractivity contribution < 1.29 is 9.53 Å². The molecule has 0 N–H and O–H groups in total. The van der Waals surface area contributed by atoms with E-state index in [1.54, 1.807) is 12.1 Å². The second-order valence-electron chi connectivity index (χ2n) is 4.50. The molecule has 0 aliphatic carbocycles. The lowest BCUT2D eigenvalue weighted by Gasteiger charge is -2.07. The maximum Gasteiger partial charge on any atom is 0.339 e. The molecule has 0 bridgehead atoms. The molecule has 0 unspecified atom stereocenters. The molecule has 2 heteroatoms. The highest BCUT2D eigenvalue weighted by molar-refractivity contribution is 6.04. The predicted octanol–water partition coefficient (Wildman–Crippen LogP) is 4.00.